The van der Waals surface area contributed by atoms with Gasteiger partial charge in [-0.15, -0.1) is 0 Å². The van der Waals surface area contributed by atoms with Gasteiger partial charge >= 0.3 is 5.97 Å². The number of aliphatic hydroxyl groups excluding tert-OH is 1. The number of aliphatic carboxylic acids is 1. The van der Waals surface area contributed by atoms with Crippen LogP contribution in [0.2, 0.25) is 0 Å². The normalized spacial score (nSPS) is 13.0. The molecule has 0 aliphatic carbocycles. The van der Waals surface area contributed by atoms with E-state index in [0.717, 1.165) is 5.56 Å². The standard InChI is InChI=1S/C14H21NO3/c1-10(2)11-4-6-12(7-5-11)13(14(17)18)15(3)8-9-16/h4-7,10,13,16H,8-9H2,1-3H3,(H,17,18). The molecular formula is C14H21NO3. The zero-order valence-corrected chi connectivity index (χ0v) is 11.1. The number of hydrogen-bond donors (Lipinski definition) is 2. The molecule has 0 saturated heterocycles. The number of carbonyl (C=O) groups is 1. The van der Waals surface area contributed by atoms with Gasteiger partial charge in [-0.05, 0) is 24.1 Å². The molecule has 1 unspecified atom stereocenters. The van der Waals surface area contributed by atoms with E-state index in [0.29, 0.717) is 12.5 Å². The molecule has 1 rings (SSSR count). The van der Waals surface area contributed by atoms with E-state index in [9.17, 15) is 9.90 Å². The molecule has 0 aliphatic rings. The first-order valence-corrected chi connectivity index (χ1v) is 6.11. The third-order valence-corrected chi connectivity index (χ3v) is 3.05. The van der Waals surface area contributed by atoms with Crippen LogP contribution in [0.15, 0.2) is 24.3 Å². The molecule has 4 nitrogen and oxygen atoms in total. The second kappa shape index (κ2) is 6.52. The van der Waals surface area contributed by atoms with Crippen molar-refractivity contribution >= 4 is 5.97 Å². The number of aliphatic hydroxyl groups is 1. The molecule has 0 fully saturated rings. The number of carboxylic acid groups (broad SMARTS) is 1. The summed E-state index contributed by atoms with van der Waals surface area (Å²) < 4.78 is 0. The minimum atomic E-state index is -0.900. The Morgan fingerprint density at radius 3 is 2.11 bits per heavy atom. The Morgan fingerprint density at radius 1 is 1.22 bits per heavy atom. The van der Waals surface area contributed by atoms with Crippen molar-refractivity contribution in [1.82, 2.24) is 4.90 Å². The SMILES string of the molecule is CC(C)c1ccc(C(C(=O)O)N(C)CCO)cc1. The molecule has 0 radical (unpaired) electrons. The van der Waals surface area contributed by atoms with Crippen molar-refractivity contribution < 1.29 is 15.0 Å². The molecule has 0 saturated carbocycles. The Bertz CT molecular complexity index is 387. The van der Waals surface area contributed by atoms with Gasteiger partial charge in [0.2, 0.25) is 0 Å². The smallest absolute Gasteiger partial charge is 0.325 e. The second-order valence-corrected chi connectivity index (χ2v) is 4.77. The summed E-state index contributed by atoms with van der Waals surface area (Å²) in [5, 5.41) is 18.2. The van der Waals surface area contributed by atoms with Gasteiger partial charge in [0.25, 0.3) is 0 Å². The molecule has 0 bridgehead atoms. The Balaban J connectivity index is 2.96. The minimum absolute atomic E-state index is 0.0512. The first-order chi connectivity index (χ1) is 8.47. The number of likely N-dealkylation sites (N-methyl/N-ethyl adjacent to an activating group) is 1. The van der Waals surface area contributed by atoms with Crippen molar-refractivity contribution in [3.05, 3.63) is 35.4 Å². The van der Waals surface area contributed by atoms with Crippen molar-refractivity contribution in [2.24, 2.45) is 0 Å². The molecule has 2 N–H and O–H groups in total. The predicted octanol–water partition coefficient (Wildman–Crippen LogP) is 1.86. The average Bonchev–Trinajstić information content (AvgIpc) is 2.29. The largest absolute Gasteiger partial charge is 0.480 e. The van der Waals surface area contributed by atoms with Crippen molar-refractivity contribution in [2.75, 3.05) is 20.2 Å². The van der Waals surface area contributed by atoms with Crippen LogP contribution in [-0.4, -0.2) is 41.3 Å². The molecular weight excluding hydrogens is 230 g/mol. The van der Waals surface area contributed by atoms with E-state index in [1.807, 2.05) is 24.3 Å². The zero-order valence-electron chi connectivity index (χ0n) is 11.1. The van der Waals surface area contributed by atoms with E-state index in [1.165, 1.54) is 5.56 Å². The molecule has 0 amide bonds. The molecule has 4 heteroatoms. The lowest BCUT2D eigenvalue weighted by atomic mass is 9.98. The van der Waals surface area contributed by atoms with Crippen LogP contribution in [0.1, 0.15) is 36.9 Å². The number of hydrogen-bond acceptors (Lipinski definition) is 3. The van der Waals surface area contributed by atoms with E-state index in [2.05, 4.69) is 13.8 Å². The summed E-state index contributed by atoms with van der Waals surface area (Å²) in [4.78, 5) is 12.9. The average molecular weight is 251 g/mol. The van der Waals surface area contributed by atoms with Crippen molar-refractivity contribution in [3.8, 4) is 0 Å². The summed E-state index contributed by atoms with van der Waals surface area (Å²) in [5.41, 5.74) is 1.93. The molecule has 1 aromatic carbocycles. The van der Waals surface area contributed by atoms with Crippen molar-refractivity contribution in [3.63, 3.8) is 0 Å². The Hall–Kier alpha value is -1.39. The molecule has 0 heterocycles. The van der Waals surface area contributed by atoms with Gasteiger partial charge in [0.15, 0.2) is 0 Å². The number of nitrogens with zero attached hydrogens (tertiary/aromatic N) is 1. The van der Waals surface area contributed by atoms with Crippen LogP contribution >= 0.6 is 0 Å². The van der Waals surface area contributed by atoms with Crippen LogP contribution in [-0.2, 0) is 4.79 Å². The highest BCUT2D eigenvalue weighted by Gasteiger charge is 2.24. The van der Waals surface area contributed by atoms with Gasteiger partial charge in [0.05, 0.1) is 6.61 Å². The second-order valence-electron chi connectivity index (χ2n) is 4.77. The summed E-state index contributed by atoms with van der Waals surface area (Å²) in [6.45, 7) is 4.48. The molecule has 18 heavy (non-hydrogen) atoms. The maximum absolute atomic E-state index is 11.3. The fraction of sp³-hybridized carbons (Fsp3) is 0.500. The van der Waals surface area contributed by atoms with Gasteiger partial charge < -0.3 is 10.2 Å². The Labute approximate surface area is 108 Å². The van der Waals surface area contributed by atoms with Gasteiger partial charge in [0, 0.05) is 6.54 Å². The molecule has 100 valence electrons. The maximum atomic E-state index is 11.3. The van der Waals surface area contributed by atoms with Crippen LogP contribution in [0.3, 0.4) is 0 Å². The van der Waals surface area contributed by atoms with Crippen LogP contribution in [0.25, 0.3) is 0 Å². The third kappa shape index (κ3) is 3.55. The topological polar surface area (TPSA) is 60.8 Å². The summed E-state index contributed by atoms with van der Waals surface area (Å²) in [5.74, 6) is -0.472. The molecule has 1 atom stereocenters. The van der Waals surface area contributed by atoms with Gasteiger partial charge in [-0.25, -0.2) is 0 Å². The summed E-state index contributed by atoms with van der Waals surface area (Å²) in [6, 6.07) is 6.91. The van der Waals surface area contributed by atoms with Crippen LogP contribution in [0, 0.1) is 0 Å². The first-order valence-electron chi connectivity index (χ1n) is 6.11. The van der Waals surface area contributed by atoms with Crippen LogP contribution in [0.4, 0.5) is 0 Å². The van der Waals surface area contributed by atoms with Gasteiger partial charge in [-0.2, -0.15) is 0 Å². The number of carboxylic acids is 1. The number of rotatable bonds is 6. The Kier molecular flexibility index (Phi) is 5.31. The molecule has 0 spiro atoms. The van der Waals surface area contributed by atoms with E-state index >= 15 is 0 Å². The predicted molar refractivity (Wildman–Crippen MR) is 70.6 cm³/mol. The summed E-state index contributed by atoms with van der Waals surface area (Å²) in [7, 11) is 1.70. The van der Waals surface area contributed by atoms with Crippen LogP contribution < -0.4 is 0 Å². The molecule has 1 aromatic rings. The summed E-state index contributed by atoms with van der Waals surface area (Å²) in [6.07, 6.45) is 0. The highest BCUT2D eigenvalue weighted by Crippen LogP contribution is 2.22. The lowest BCUT2D eigenvalue weighted by Gasteiger charge is -2.24. The molecule has 0 aromatic heterocycles. The van der Waals surface area contributed by atoms with E-state index < -0.39 is 12.0 Å². The monoisotopic (exact) mass is 251 g/mol. The lowest BCUT2D eigenvalue weighted by Crippen LogP contribution is -2.32. The molecule has 0 aliphatic heterocycles. The highest BCUT2D eigenvalue weighted by molar-refractivity contribution is 5.75. The highest BCUT2D eigenvalue weighted by atomic mass is 16.4. The fourth-order valence-electron chi connectivity index (χ4n) is 1.94. The fourth-order valence-corrected chi connectivity index (χ4v) is 1.94. The van der Waals surface area contributed by atoms with Crippen LogP contribution in [0.5, 0.6) is 0 Å². The van der Waals surface area contributed by atoms with Gasteiger partial charge in [-0.3, -0.25) is 9.69 Å². The van der Waals surface area contributed by atoms with E-state index in [4.69, 9.17) is 5.11 Å². The van der Waals surface area contributed by atoms with Crippen molar-refractivity contribution in [2.45, 2.75) is 25.8 Å². The first kappa shape index (κ1) is 14.7. The van der Waals surface area contributed by atoms with Gasteiger partial charge in [-0.1, -0.05) is 38.1 Å². The maximum Gasteiger partial charge on any atom is 0.325 e. The quantitative estimate of drug-likeness (QED) is 0.810. The van der Waals surface area contributed by atoms with E-state index in [-0.39, 0.29) is 6.61 Å². The van der Waals surface area contributed by atoms with E-state index in [1.54, 1.807) is 11.9 Å². The lowest BCUT2D eigenvalue weighted by molar-refractivity contribution is -0.143. The Morgan fingerprint density at radius 2 is 1.72 bits per heavy atom. The number of benzene rings is 1. The minimum Gasteiger partial charge on any atom is -0.480 e. The van der Waals surface area contributed by atoms with Gasteiger partial charge in [0.1, 0.15) is 6.04 Å². The van der Waals surface area contributed by atoms with Crippen molar-refractivity contribution in [1.29, 1.82) is 0 Å². The zero-order chi connectivity index (χ0) is 13.7. The third-order valence-electron chi connectivity index (χ3n) is 3.05. The summed E-state index contributed by atoms with van der Waals surface area (Å²) >= 11 is 0.